The van der Waals surface area contributed by atoms with Gasteiger partial charge in [0.25, 0.3) is 0 Å². The first-order chi connectivity index (χ1) is 13.0. The Labute approximate surface area is 157 Å². The normalized spacial score (nSPS) is 22.5. The lowest BCUT2D eigenvalue weighted by atomic mass is 9.77. The summed E-state index contributed by atoms with van der Waals surface area (Å²) in [7, 11) is 1.74. The molecule has 2 aliphatic rings. The Balaban J connectivity index is 1.42. The van der Waals surface area contributed by atoms with Gasteiger partial charge in [-0.15, -0.1) is 5.10 Å². The summed E-state index contributed by atoms with van der Waals surface area (Å²) in [6, 6.07) is 9.82. The molecule has 8 heteroatoms. The van der Waals surface area contributed by atoms with Crippen molar-refractivity contribution in [2.45, 2.75) is 31.3 Å². The molecular weight excluding hydrogens is 346 g/mol. The van der Waals surface area contributed by atoms with E-state index in [2.05, 4.69) is 15.2 Å². The fraction of sp³-hybridized carbons (Fsp3) is 0.474. The summed E-state index contributed by atoms with van der Waals surface area (Å²) in [5, 5.41) is 18.0. The van der Waals surface area contributed by atoms with Crippen molar-refractivity contribution in [1.29, 1.82) is 0 Å². The standard InChI is InChI=1S/C19H23N5O3/c1-22-17(25)11-16(18(26)27)19(22)7-9-23(10-8-19)12-14-13-24(21-20-14)15-5-3-2-4-6-15/h2-6,13,16H,7-12H2,1H3,(H,26,27)/t16-/m0/s1. The number of carbonyl (C=O) groups excluding carboxylic acids is 1. The number of carboxylic acid groups (broad SMARTS) is 1. The average molecular weight is 369 g/mol. The molecule has 3 heterocycles. The molecule has 0 saturated carbocycles. The Morgan fingerprint density at radius 1 is 1.26 bits per heavy atom. The molecule has 1 aromatic carbocycles. The number of rotatable bonds is 4. The van der Waals surface area contributed by atoms with E-state index in [1.165, 1.54) is 0 Å². The number of benzene rings is 1. The van der Waals surface area contributed by atoms with E-state index in [9.17, 15) is 14.7 Å². The summed E-state index contributed by atoms with van der Waals surface area (Å²) < 4.78 is 1.75. The van der Waals surface area contributed by atoms with Crippen LogP contribution in [0.5, 0.6) is 0 Å². The number of nitrogens with zero attached hydrogens (tertiary/aromatic N) is 5. The number of amides is 1. The van der Waals surface area contributed by atoms with Gasteiger partial charge in [0.15, 0.2) is 0 Å². The maximum Gasteiger partial charge on any atom is 0.309 e. The number of aliphatic carboxylic acids is 1. The van der Waals surface area contributed by atoms with Crippen LogP contribution in [0.25, 0.3) is 5.69 Å². The monoisotopic (exact) mass is 369 g/mol. The molecule has 27 heavy (non-hydrogen) atoms. The number of hydrogen-bond acceptors (Lipinski definition) is 5. The van der Waals surface area contributed by atoms with Gasteiger partial charge in [-0.3, -0.25) is 14.5 Å². The molecule has 1 atom stereocenters. The van der Waals surface area contributed by atoms with Crippen LogP contribution in [-0.4, -0.2) is 67.5 Å². The van der Waals surface area contributed by atoms with E-state index in [1.54, 1.807) is 16.6 Å². The number of likely N-dealkylation sites (tertiary alicyclic amines) is 2. The van der Waals surface area contributed by atoms with Gasteiger partial charge in [-0.25, -0.2) is 4.68 Å². The van der Waals surface area contributed by atoms with Crippen molar-refractivity contribution in [2.75, 3.05) is 20.1 Å². The van der Waals surface area contributed by atoms with E-state index in [0.717, 1.165) is 24.5 Å². The van der Waals surface area contributed by atoms with Gasteiger partial charge in [0.05, 0.1) is 29.0 Å². The van der Waals surface area contributed by atoms with Gasteiger partial charge in [-0.05, 0) is 25.0 Å². The summed E-state index contributed by atoms with van der Waals surface area (Å²) >= 11 is 0. The van der Waals surface area contributed by atoms with Gasteiger partial charge in [0.2, 0.25) is 5.91 Å². The van der Waals surface area contributed by atoms with E-state index in [0.29, 0.717) is 19.4 Å². The Bertz CT molecular complexity index is 842. The van der Waals surface area contributed by atoms with Gasteiger partial charge in [0, 0.05) is 33.1 Å². The van der Waals surface area contributed by atoms with E-state index in [4.69, 9.17) is 0 Å². The molecule has 8 nitrogen and oxygen atoms in total. The second kappa shape index (κ2) is 6.77. The summed E-state index contributed by atoms with van der Waals surface area (Å²) in [5.74, 6) is -1.55. The lowest BCUT2D eigenvalue weighted by Gasteiger charge is -2.45. The molecule has 2 saturated heterocycles. The quantitative estimate of drug-likeness (QED) is 0.870. The molecule has 1 aromatic heterocycles. The minimum absolute atomic E-state index is 0.0679. The van der Waals surface area contributed by atoms with Crippen LogP contribution in [0.1, 0.15) is 25.0 Å². The molecule has 1 amide bonds. The van der Waals surface area contributed by atoms with E-state index in [1.807, 2.05) is 36.5 Å². The lowest BCUT2D eigenvalue weighted by Crippen LogP contribution is -2.55. The fourth-order valence-corrected chi connectivity index (χ4v) is 4.39. The number of hydrogen-bond donors (Lipinski definition) is 1. The average Bonchev–Trinajstić information content (AvgIpc) is 3.23. The Morgan fingerprint density at radius 3 is 2.63 bits per heavy atom. The molecule has 1 spiro atoms. The minimum atomic E-state index is -0.869. The third-order valence-electron chi connectivity index (χ3n) is 6.04. The smallest absolute Gasteiger partial charge is 0.309 e. The first-order valence-electron chi connectivity index (χ1n) is 9.18. The molecule has 2 aromatic rings. The van der Waals surface area contributed by atoms with Crippen LogP contribution in [0.4, 0.5) is 0 Å². The van der Waals surface area contributed by atoms with Crippen molar-refractivity contribution in [3.63, 3.8) is 0 Å². The second-order valence-corrected chi connectivity index (χ2v) is 7.42. The van der Waals surface area contributed by atoms with Crippen LogP contribution in [0.2, 0.25) is 0 Å². The molecule has 4 rings (SSSR count). The van der Waals surface area contributed by atoms with E-state index < -0.39 is 17.4 Å². The van der Waals surface area contributed by atoms with Crippen LogP contribution in [0.3, 0.4) is 0 Å². The number of aromatic nitrogens is 3. The molecular formula is C19H23N5O3. The van der Waals surface area contributed by atoms with Crippen molar-refractivity contribution in [1.82, 2.24) is 24.8 Å². The third-order valence-corrected chi connectivity index (χ3v) is 6.04. The molecule has 0 unspecified atom stereocenters. The third kappa shape index (κ3) is 3.10. The van der Waals surface area contributed by atoms with Crippen LogP contribution in [-0.2, 0) is 16.1 Å². The molecule has 2 fully saturated rings. The summed E-state index contributed by atoms with van der Waals surface area (Å²) in [6.07, 6.45) is 3.36. The van der Waals surface area contributed by atoms with Gasteiger partial charge in [-0.2, -0.15) is 0 Å². The van der Waals surface area contributed by atoms with Crippen molar-refractivity contribution in [2.24, 2.45) is 5.92 Å². The maximum atomic E-state index is 12.1. The number of carbonyl (C=O) groups is 2. The zero-order valence-electron chi connectivity index (χ0n) is 15.3. The van der Waals surface area contributed by atoms with Crippen LogP contribution in [0, 0.1) is 5.92 Å². The predicted octanol–water partition coefficient (Wildman–Crippen LogP) is 1.16. The first-order valence-corrected chi connectivity index (χ1v) is 9.18. The summed E-state index contributed by atoms with van der Waals surface area (Å²) in [4.78, 5) is 27.7. The van der Waals surface area contributed by atoms with Crippen molar-refractivity contribution >= 4 is 11.9 Å². The molecule has 1 N–H and O–H groups in total. The molecule has 0 radical (unpaired) electrons. The minimum Gasteiger partial charge on any atom is -0.481 e. The largest absolute Gasteiger partial charge is 0.481 e. The number of para-hydroxylation sites is 1. The first kappa shape index (κ1) is 17.7. The fourth-order valence-electron chi connectivity index (χ4n) is 4.39. The van der Waals surface area contributed by atoms with E-state index in [-0.39, 0.29) is 12.3 Å². The number of carboxylic acids is 1. The highest BCUT2D eigenvalue weighted by molar-refractivity contribution is 5.88. The summed E-state index contributed by atoms with van der Waals surface area (Å²) in [5.41, 5.74) is 1.28. The van der Waals surface area contributed by atoms with Gasteiger partial charge >= 0.3 is 5.97 Å². The Morgan fingerprint density at radius 2 is 1.96 bits per heavy atom. The molecule has 2 aliphatic heterocycles. The molecule has 142 valence electrons. The van der Waals surface area contributed by atoms with E-state index >= 15 is 0 Å². The second-order valence-electron chi connectivity index (χ2n) is 7.42. The lowest BCUT2D eigenvalue weighted by molar-refractivity contribution is -0.146. The van der Waals surface area contributed by atoms with Crippen LogP contribution >= 0.6 is 0 Å². The zero-order chi connectivity index (χ0) is 19.0. The zero-order valence-corrected chi connectivity index (χ0v) is 15.3. The Kier molecular flexibility index (Phi) is 4.43. The SMILES string of the molecule is CN1C(=O)C[C@@H](C(=O)O)C12CCN(Cc1cn(-c3ccccc3)nn1)CC2. The topological polar surface area (TPSA) is 91.6 Å². The molecule has 0 aliphatic carbocycles. The number of piperidine rings is 1. The van der Waals surface area contributed by atoms with Gasteiger partial charge in [0.1, 0.15) is 0 Å². The van der Waals surface area contributed by atoms with Crippen LogP contribution in [0.15, 0.2) is 36.5 Å². The maximum absolute atomic E-state index is 12.1. The highest BCUT2D eigenvalue weighted by atomic mass is 16.4. The van der Waals surface area contributed by atoms with Crippen LogP contribution < -0.4 is 0 Å². The summed E-state index contributed by atoms with van der Waals surface area (Å²) in [6.45, 7) is 2.14. The van der Waals surface area contributed by atoms with Crippen molar-refractivity contribution in [3.8, 4) is 5.69 Å². The highest BCUT2D eigenvalue weighted by Crippen LogP contribution is 2.42. The van der Waals surface area contributed by atoms with Crippen molar-refractivity contribution in [3.05, 3.63) is 42.2 Å². The Hall–Kier alpha value is -2.74. The van der Waals surface area contributed by atoms with Crippen molar-refractivity contribution < 1.29 is 14.7 Å². The predicted molar refractivity (Wildman–Crippen MR) is 97.1 cm³/mol. The van der Waals surface area contributed by atoms with Gasteiger partial charge < -0.3 is 10.0 Å². The van der Waals surface area contributed by atoms with Gasteiger partial charge in [-0.1, -0.05) is 23.4 Å². The highest BCUT2D eigenvalue weighted by Gasteiger charge is 2.55. The molecule has 0 bridgehead atoms.